The Bertz CT molecular complexity index is 572. The Labute approximate surface area is 119 Å². The third kappa shape index (κ3) is 4.06. The van der Waals surface area contributed by atoms with Crippen LogP contribution in [0.2, 0.25) is 0 Å². The first kappa shape index (κ1) is 14.0. The van der Waals surface area contributed by atoms with Crippen LogP contribution in [-0.2, 0) is 11.2 Å². The van der Waals surface area contributed by atoms with E-state index in [9.17, 15) is 9.59 Å². The highest BCUT2D eigenvalue weighted by Crippen LogP contribution is 2.10. The molecular weight excluding hydrogens is 278 g/mol. The molecule has 20 heavy (non-hydrogen) atoms. The van der Waals surface area contributed by atoms with Gasteiger partial charge in [-0.15, -0.1) is 11.3 Å². The lowest BCUT2D eigenvalue weighted by atomic mass is 10.1. The van der Waals surface area contributed by atoms with Crippen LogP contribution in [0.5, 0.6) is 0 Å². The van der Waals surface area contributed by atoms with E-state index in [2.05, 4.69) is 15.6 Å². The van der Waals surface area contributed by atoms with Crippen molar-refractivity contribution in [2.24, 2.45) is 0 Å². The number of carbonyl (C=O) groups excluding carboxylic acids is 1. The summed E-state index contributed by atoms with van der Waals surface area (Å²) >= 11 is 1.26. The lowest BCUT2D eigenvalue weighted by molar-refractivity contribution is -0.139. The summed E-state index contributed by atoms with van der Waals surface area (Å²) < 4.78 is 0. The number of hydrogen-bond donors (Lipinski definition) is 3. The Morgan fingerprint density at radius 2 is 2.05 bits per heavy atom. The molecule has 0 saturated carbocycles. The van der Waals surface area contributed by atoms with E-state index >= 15 is 0 Å². The molecule has 0 fully saturated rings. The topological polar surface area (TPSA) is 91.3 Å². The van der Waals surface area contributed by atoms with Crippen molar-refractivity contribution in [3.8, 4) is 0 Å². The van der Waals surface area contributed by atoms with Crippen molar-refractivity contribution in [2.45, 2.75) is 12.5 Å². The van der Waals surface area contributed by atoms with Crippen LogP contribution in [0.25, 0.3) is 0 Å². The minimum absolute atomic E-state index is 0.224. The predicted molar refractivity (Wildman–Crippen MR) is 75.8 cm³/mol. The van der Waals surface area contributed by atoms with Crippen molar-refractivity contribution in [1.29, 1.82) is 0 Å². The zero-order valence-corrected chi connectivity index (χ0v) is 11.3. The van der Waals surface area contributed by atoms with Crippen LogP contribution in [0.4, 0.5) is 9.93 Å². The molecule has 0 saturated heterocycles. The zero-order valence-electron chi connectivity index (χ0n) is 10.4. The molecule has 0 aliphatic rings. The fraction of sp³-hybridized carbons (Fsp3) is 0.154. The van der Waals surface area contributed by atoms with Crippen LogP contribution in [0.1, 0.15) is 5.56 Å². The number of benzene rings is 1. The van der Waals surface area contributed by atoms with Crippen molar-refractivity contribution in [1.82, 2.24) is 10.3 Å². The van der Waals surface area contributed by atoms with Gasteiger partial charge in [-0.3, -0.25) is 5.32 Å². The van der Waals surface area contributed by atoms with Gasteiger partial charge in [0.1, 0.15) is 6.04 Å². The molecule has 1 aromatic carbocycles. The maximum absolute atomic E-state index is 11.7. The van der Waals surface area contributed by atoms with Crippen LogP contribution in [0.15, 0.2) is 41.9 Å². The van der Waals surface area contributed by atoms with Gasteiger partial charge in [-0.2, -0.15) is 0 Å². The SMILES string of the molecule is O=C(Nc1nccs1)N[C@@H](Cc1ccccc1)C(=O)O. The molecule has 104 valence electrons. The molecule has 2 amide bonds. The van der Waals surface area contributed by atoms with E-state index in [0.717, 1.165) is 5.56 Å². The van der Waals surface area contributed by atoms with Crippen molar-refractivity contribution in [3.63, 3.8) is 0 Å². The standard InChI is InChI=1S/C13H13N3O3S/c17-11(18)10(8-9-4-2-1-3-5-9)15-12(19)16-13-14-6-7-20-13/h1-7,10H,8H2,(H,17,18)(H2,14,15,16,19)/t10-/m0/s1. The van der Waals surface area contributed by atoms with Crippen molar-refractivity contribution in [2.75, 3.05) is 5.32 Å². The molecule has 0 unspecified atom stereocenters. The number of anilines is 1. The smallest absolute Gasteiger partial charge is 0.326 e. The van der Waals surface area contributed by atoms with E-state index < -0.39 is 18.0 Å². The van der Waals surface area contributed by atoms with Gasteiger partial charge < -0.3 is 10.4 Å². The Morgan fingerprint density at radius 1 is 1.30 bits per heavy atom. The van der Waals surface area contributed by atoms with Crippen LogP contribution in [0.3, 0.4) is 0 Å². The maximum Gasteiger partial charge on any atom is 0.326 e. The lowest BCUT2D eigenvalue weighted by Gasteiger charge is -2.14. The number of aliphatic carboxylic acids is 1. The molecule has 0 spiro atoms. The van der Waals surface area contributed by atoms with Crippen LogP contribution >= 0.6 is 11.3 Å². The molecule has 2 aromatic rings. The molecule has 2 rings (SSSR count). The highest BCUT2D eigenvalue weighted by atomic mass is 32.1. The molecule has 0 radical (unpaired) electrons. The second-order valence-electron chi connectivity index (χ2n) is 4.02. The molecular formula is C13H13N3O3S. The molecule has 0 aliphatic heterocycles. The molecule has 0 aliphatic carbocycles. The summed E-state index contributed by atoms with van der Waals surface area (Å²) in [6, 6.07) is 7.56. The first-order valence-electron chi connectivity index (χ1n) is 5.89. The van der Waals surface area contributed by atoms with Crippen molar-refractivity contribution < 1.29 is 14.7 Å². The fourth-order valence-electron chi connectivity index (χ4n) is 1.63. The normalized spacial score (nSPS) is 11.6. The summed E-state index contributed by atoms with van der Waals surface area (Å²) in [7, 11) is 0. The largest absolute Gasteiger partial charge is 0.480 e. The van der Waals surface area contributed by atoms with Crippen LogP contribution in [0, 0.1) is 0 Å². The third-order valence-electron chi connectivity index (χ3n) is 2.54. The van der Waals surface area contributed by atoms with Crippen molar-refractivity contribution in [3.05, 3.63) is 47.5 Å². The molecule has 1 atom stereocenters. The van der Waals surface area contributed by atoms with Gasteiger partial charge in [0.15, 0.2) is 5.13 Å². The minimum atomic E-state index is -1.08. The quantitative estimate of drug-likeness (QED) is 0.785. The van der Waals surface area contributed by atoms with Gasteiger partial charge in [0.25, 0.3) is 0 Å². The fourth-order valence-corrected chi connectivity index (χ4v) is 2.15. The Hall–Kier alpha value is -2.41. The van der Waals surface area contributed by atoms with E-state index in [-0.39, 0.29) is 6.42 Å². The van der Waals surface area contributed by atoms with E-state index in [1.165, 1.54) is 11.3 Å². The number of nitrogens with one attached hydrogen (secondary N) is 2. The third-order valence-corrected chi connectivity index (χ3v) is 3.23. The number of nitrogens with zero attached hydrogens (tertiary/aromatic N) is 1. The van der Waals surface area contributed by atoms with Crippen LogP contribution in [-0.4, -0.2) is 28.1 Å². The van der Waals surface area contributed by atoms with Gasteiger partial charge in [0, 0.05) is 18.0 Å². The van der Waals surface area contributed by atoms with Gasteiger partial charge >= 0.3 is 12.0 Å². The summed E-state index contributed by atoms with van der Waals surface area (Å²) in [5.41, 5.74) is 0.842. The summed E-state index contributed by atoms with van der Waals surface area (Å²) in [5.74, 6) is -1.08. The van der Waals surface area contributed by atoms with Gasteiger partial charge in [-0.1, -0.05) is 30.3 Å². The molecule has 1 heterocycles. The van der Waals surface area contributed by atoms with Crippen LogP contribution < -0.4 is 10.6 Å². The first-order chi connectivity index (χ1) is 9.65. The monoisotopic (exact) mass is 291 g/mol. The van der Waals surface area contributed by atoms with E-state index in [0.29, 0.717) is 5.13 Å². The first-order valence-corrected chi connectivity index (χ1v) is 6.77. The summed E-state index contributed by atoms with van der Waals surface area (Å²) in [5, 5.41) is 16.2. The molecule has 1 aromatic heterocycles. The molecule has 0 bridgehead atoms. The number of hydrogen-bond acceptors (Lipinski definition) is 4. The summed E-state index contributed by atoms with van der Waals surface area (Å²) in [6.07, 6.45) is 1.78. The number of thiazole rings is 1. The Kier molecular flexibility index (Phi) is 4.67. The second-order valence-corrected chi connectivity index (χ2v) is 4.91. The van der Waals surface area contributed by atoms with Gasteiger partial charge in [-0.25, -0.2) is 14.6 Å². The van der Waals surface area contributed by atoms with E-state index in [1.807, 2.05) is 30.3 Å². The number of amides is 2. The number of urea groups is 1. The van der Waals surface area contributed by atoms with Crippen molar-refractivity contribution >= 4 is 28.5 Å². The van der Waals surface area contributed by atoms with E-state index in [1.54, 1.807) is 11.6 Å². The highest BCUT2D eigenvalue weighted by molar-refractivity contribution is 7.13. The highest BCUT2D eigenvalue weighted by Gasteiger charge is 2.20. The number of aromatic nitrogens is 1. The average molecular weight is 291 g/mol. The molecule has 3 N–H and O–H groups in total. The number of carbonyl (C=O) groups is 2. The second kappa shape index (κ2) is 6.67. The summed E-state index contributed by atoms with van der Waals surface area (Å²) in [6.45, 7) is 0. The maximum atomic E-state index is 11.7. The molecule has 6 nitrogen and oxygen atoms in total. The van der Waals surface area contributed by atoms with Gasteiger partial charge in [-0.05, 0) is 5.56 Å². The van der Waals surface area contributed by atoms with E-state index in [4.69, 9.17) is 5.11 Å². The molecule has 7 heteroatoms. The lowest BCUT2D eigenvalue weighted by Crippen LogP contribution is -2.44. The number of carboxylic acid groups (broad SMARTS) is 1. The average Bonchev–Trinajstić information content (AvgIpc) is 2.92. The zero-order chi connectivity index (χ0) is 14.4. The predicted octanol–water partition coefficient (Wildman–Crippen LogP) is 1.96. The van der Waals surface area contributed by atoms with Gasteiger partial charge in [0.05, 0.1) is 0 Å². The Morgan fingerprint density at radius 3 is 2.65 bits per heavy atom. The minimum Gasteiger partial charge on any atom is -0.480 e. The number of rotatable bonds is 5. The number of carboxylic acids is 1. The summed E-state index contributed by atoms with van der Waals surface area (Å²) in [4.78, 5) is 26.8. The Balaban J connectivity index is 1.95. The van der Waals surface area contributed by atoms with Gasteiger partial charge in [0.2, 0.25) is 0 Å².